The van der Waals surface area contributed by atoms with E-state index in [0.717, 1.165) is 11.4 Å². The van der Waals surface area contributed by atoms with Gasteiger partial charge in [-0.05, 0) is 48.9 Å². The summed E-state index contributed by atoms with van der Waals surface area (Å²) >= 11 is 11.7. The number of anilines is 1. The molecular formula is C16H12Cl2FN2. The van der Waals surface area contributed by atoms with Crippen molar-refractivity contribution in [1.82, 2.24) is 0 Å². The third-order valence-corrected chi connectivity index (χ3v) is 3.88. The third-order valence-electron chi connectivity index (χ3n) is 3.39. The topological polar surface area (TPSA) is 15.6 Å². The van der Waals surface area contributed by atoms with Crippen molar-refractivity contribution in [2.45, 2.75) is 12.8 Å². The Morgan fingerprint density at radius 3 is 2.38 bits per heavy atom. The predicted octanol–water partition coefficient (Wildman–Crippen LogP) is 5.27. The number of hydrogen-bond acceptors (Lipinski definition) is 2. The van der Waals surface area contributed by atoms with Gasteiger partial charge in [0.2, 0.25) is 0 Å². The molecule has 107 valence electrons. The molecule has 2 aromatic rings. The fourth-order valence-electron chi connectivity index (χ4n) is 2.31. The molecular weight excluding hydrogens is 310 g/mol. The second-order valence-electron chi connectivity index (χ2n) is 4.85. The molecule has 1 unspecified atom stereocenters. The Balaban J connectivity index is 1.88. The minimum Gasteiger partial charge on any atom is -0.259 e. The second-order valence-corrected chi connectivity index (χ2v) is 5.73. The van der Waals surface area contributed by atoms with Crippen molar-refractivity contribution >= 4 is 34.6 Å². The van der Waals surface area contributed by atoms with E-state index in [0.29, 0.717) is 15.6 Å². The van der Waals surface area contributed by atoms with Gasteiger partial charge in [0.25, 0.3) is 0 Å². The maximum atomic E-state index is 14.1. The average Bonchev–Trinajstić information content (AvgIpc) is 2.81. The van der Waals surface area contributed by atoms with Crippen LogP contribution in [0, 0.1) is 12.4 Å². The minimum absolute atomic E-state index is 0.196. The van der Waals surface area contributed by atoms with Crippen molar-refractivity contribution in [2.24, 2.45) is 5.10 Å². The standard InChI is InChI=1S/C16H12Cl2FN2/c1-10-15(14-7-4-12(18)8-16(14)19)9-21(20-10)13-5-2-11(17)3-6-13/h2-9,15H,1H3. The lowest BCUT2D eigenvalue weighted by Gasteiger charge is -2.16. The van der Waals surface area contributed by atoms with Crippen LogP contribution in [0.15, 0.2) is 47.6 Å². The van der Waals surface area contributed by atoms with E-state index in [1.54, 1.807) is 29.3 Å². The van der Waals surface area contributed by atoms with E-state index in [1.807, 2.05) is 25.6 Å². The van der Waals surface area contributed by atoms with Crippen molar-refractivity contribution in [3.8, 4) is 0 Å². The molecule has 0 aromatic heterocycles. The van der Waals surface area contributed by atoms with Crippen LogP contribution in [-0.4, -0.2) is 5.71 Å². The summed E-state index contributed by atoms with van der Waals surface area (Å²) in [6.45, 7) is 3.76. The van der Waals surface area contributed by atoms with Crippen LogP contribution in [0.4, 0.5) is 10.1 Å². The number of nitrogens with zero attached hydrogens (tertiary/aromatic N) is 2. The van der Waals surface area contributed by atoms with Gasteiger partial charge in [0.15, 0.2) is 0 Å². The Hall–Kier alpha value is -1.58. The zero-order valence-corrected chi connectivity index (χ0v) is 12.7. The highest BCUT2D eigenvalue weighted by molar-refractivity contribution is 6.30. The van der Waals surface area contributed by atoms with E-state index in [2.05, 4.69) is 5.10 Å². The van der Waals surface area contributed by atoms with Crippen LogP contribution in [0.3, 0.4) is 0 Å². The van der Waals surface area contributed by atoms with E-state index < -0.39 is 0 Å². The van der Waals surface area contributed by atoms with Gasteiger partial charge < -0.3 is 0 Å². The fraction of sp³-hybridized carbons (Fsp3) is 0.125. The first-order chi connectivity index (χ1) is 10.0. The van der Waals surface area contributed by atoms with Gasteiger partial charge in [-0.15, -0.1) is 0 Å². The maximum absolute atomic E-state index is 14.1. The zero-order valence-electron chi connectivity index (χ0n) is 11.2. The molecule has 5 heteroatoms. The number of rotatable bonds is 2. The molecule has 0 amide bonds. The van der Waals surface area contributed by atoms with Gasteiger partial charge in [0.1, 0.15) is 5.82 Å². The van der Waals surface area contributed by atoms with E-state index in [-0.39, 0.29) is 11.7 Å². The van der Waals surface area contributed by atoms with Crippen molar-refractivity contribution < 1.29 is 4.39 Å². The van der Waals surface area contributed by atoms with Crippen molar-refractivity contribution in [3.05, 3.63) is 70.4 Å². The van der Waals surface area contributed by atoms with Crippen LogP contribution in [0.25, 0.3) is 0 Å². The summed E-state index contributed by atoms with van der Waals surface area (Å²) in [5.74, 6) is -0.519. The zero-order chi connectivity index (χ0) is 15.0. The van der Waals surface area contributed by atoms with Crippen LogP contribution < -0.4 is 5.01 Å². The molecule has 0 fully saturated rings. The summed E-state index contributed by atoms with van der Waals surface area (Å²) in [5.41, 5.74) is 2.28. The van der Waals surface area contributed by atoms with Gasteiger partial charge in [0, 0.05) is 15.8 Å². The first-order valence-electron chi connectivity index (χ1n) is 6.44. The molecule has 21 heavy (non-hydrogen) atoms. The van der Waals surface area contributed by atoms with E-state index in [9.17, 15) is 4.39 Å². The molecule has 2 nitrogen and oxygen atoms in total. The summed E-state index contributed by atoms with van der Waals surface area (Å²) < 4.78 is 14.1. The average molecular weight is 322 g/mol. The largest absolute Gasteiger partial charge is 0.259 e. The molecule has 1 aliphatic heterocycles. The van der Waals surface area contributed by atoms with Crippen molar-refractivity contribution in [2.75, 3.05) is 5.01 Å². The molecule has 0 spiro atoms. The first kappa shape index (κ1) is 14.4. The lowest BCUT2D eigenvalue weighted by Crippen LogP contribution is -2.12. The molecule has 2 aromatic carbocycles. The monoisotopic (exact) mass is 321 g/mol. The van der Waals surface area contributed by atoms with Gasteiger partial charge in [-0.3, -0.25) is 5.01 Å². The molecule has 0 saturated carbocycles. The summed E-state index contributed by atoms with van der Waals surface area (Å²) in [6, 6.07) is 12.0. The third kappa shape index (κ3) is 2.89. The highest BCUT2D eigenvalue weighted by Gasteiger charge is 2.28. The number of hydrazone groups is 1. The normalized spacial score (nSPS) is 18.0. The van der Waals surface area contributed by atoms with Gasteiger partial charge in [-0.1, -0.05) is 29.3 Å². The van der Waals surface area contributed by atoms with E-state index >= 15 is 0 Å². The Kier molecular flexibility index (Phi) is 3.87. The summed E-state index contributed by atoms with van der Waals surface area (Å²) in [5, 5.41) is 7.25. The van der Waals surface area contributed by atoms with E-state index in [1.165, 1.54) is 6.07 Å². The Morgan fingerprint density at radius 1 is 1.05 bits per heavy atom. The fourth-order valence-corrected chi connectivity index (χ4v) is 2.60. The smallest absolute Gasteiger partial charge is 0.128 e. The van der Waals surface area contributed by atoms with Crippen molar-refractivity contribution in [3.63, 3.8) is 0 Å². The van der Waals surface area contributed by atoms with E-state index in [4.69, 9.17) is 23.2 Å². The second kappa shape index (κ2) is 5.66. The van der Waals surface area contributed by atoms with Crippen LogP contribution in [-0.2, 0) is 0 Å². The molecule has 1 aliphatic rings. The minimum atomic E-state index is -0.323. The van der Waals surface area contributed by atoms with Crippen LogP contribution >= 0.6 is 23.2 Å². The Bertz CT molecular complexity index is 698. The Morgan fingerprint density at radius 2 is 1.71 bits per heavy atom. The van der Waals surface area contributed by atoms with Crippen LogP contribution in [0.5, 0.6) is 0 Å². The molecule has 1 radical (unpaired) electrons. The van der Waals surface area contributed by atoms with Gasteiger partial charge >= 0.3 is 0 Å². The maximum Gasteiger partial charge on any atom is 0.128 e. The number of hydrogen-bond donors (Lipinski definition) is 0. The molecule has 0 N–H and O–H groups in total. The quantitative estimate of drug-likeness (QED) is 0.735. The molecule has 0 saturated heterocycles. The Labute approximate surface area is 132 Å². The summed E-state index contributed by atoms with van der Waals surface area (Å²) in [6.07, 6.45) is 0. The molecule has 0 bridgehead atoms. The molecule has 1 heterocycles. The summed E-state index contributed by atoms with van der Waals surface area (Å²) in [4.78, 5) is 0. The molecule has 3 rings (SSSR count). The van der Waals surface area contributed by atoms with Crippen LogP contribution in [0.2, 0.25) is 10.0 Å². The van der Waals surface area contributed by atoms with Gasteiger partial charge in [0.05, 0.1) is 18.2 Å². The lowest BCUT2D eigenvalue weighted by atomic mass is 9.95. The molecule has 1 atom stereocenters. The number of benzene rings is 2. The number of halogens is 3. The van der Waals surface area contributed by atoms with Crippen molar-refractivity contribution in [1.29, 1.82) is 0 Å². The SMILES string of the molecule is CC1=NN(c2ccc(Cl)cc2)[CH]C1c1ccc(Cl)cc1F. The van der Waals surface area contributed by atoms with Crippen LogP contribution in [0.1, 0.15) is 18.4 Å². The highest BCUT2D eigenvalue weighted by atomic mass is 35.5. The highest BCUT2D eigenvalue weighted by Crippen LogP contribution is 2.34. The lowest BCUT2D eigenvalue weighted by molar-refractivity contribution is 0.610. The summed E-state index contributed by atoms with van der Waals surface area (Å²) in [7, 11) is 0. The molecule has 0 aliphatic carbocycles. The van der Waals surface area contributed by atoms with Gasteiger partial charge in [-0.25, -0.2) is 4.39 Å². The first-order valence-corrected chi connectivity index (χ1v) is 7.20. The van der Waals surface area contributed by atoms with Gasteiger partial charge in [-0.2, -0.15) is 5.10 Å². The predicted molar refractivity (Wildman–Crippen MR) is 85.5 cm³/mol.